The van der Waals surface area contributed by atoms with Gasteiger partial charge in [-0.1, -0.05) is 30.5 Å². The van der Waals surface area contributed by atoms with Crippen molar-refractivity contribution in [3.8, 4) is 23.0 Å². The molecule has 22 heteroatoms. The monoisotopic (exact) mass is 953 g/mol. The van der Waals surface area contributed by atoms with Crippen LogP contribution in [-0.4, -0.2) is 62.5 Å². The van der Waals surface area contributed by atoms with Crippen molar-refractivity contribution in [1.82, 2.24) is 29.9 Å². The van der Waals surface area contributed by atoms with Crippen LogP contribution in [0.25, 0.3) is 22.0 Å². The molecule has 2 aromatic carbocycles. The summed E-state index contributed by atoms with van der Waals surface area (Å²) in [5.41, 5.74) is -2.82. The number of hydrogen-bond donors (Lipinski definition) is 2. The predicted molar refractivity (Wildman–Crippen MR) is 222 cm³/mol. The molecule has 3 aliphatic rings. The molecule has 64 heavy (non-hydrogen) atoms. The highest BCUT2D eigenvalue weighted by Crippen LogP contribution is 2.50. The van der Waals surface area contributed by atoms with Gasteiger partial charge in [0.2, 0.25) is 15.9 Å². The molecule has 340 valence electrons. The lowest BCUT2D eigenvalue weighted by Crippen LogP contribution is -2.35. The van der Waals surface area contributed by atoms with Crippen molar-refractivity contribution in [1.29, 1.82) is 0 Å². The fourth-order valence-corrected chi connectivity index (χ4v) is 11.4. The maximum Gasteiger partial charge on any atom is 0.435 e. The second kappa shape index (κ2) is 15.8. The van der Waals surface area contributed by atoms with Crippen molar-refractivity contribution >= 4 is 54.1 Å². The SMILES string of the molecule is C[C@@H]1Cc2c(C(F)(F)F)nn(CC(=O)N[C@@H](Cc3cc(F)cc(F)c3)c3nc(C#CC(C)(C)S(=O)(=O)C4CC4)ccc3-c3ccc(Cl)c4c(NS(=O)(=O)C5CC5)nn(C)c34)c2C1(F)F. The molecule has 3 aromatic heterocycles. The molecule has 2 saturated carbocycles. The molecule has 0 spiro atoms. The van der Waals surface area contributed by atoms with Gasteiger partial charge in [-0.15, -0.1) is 0 Å². The third-order valence-corrected chi connectivity index (χ3v) is 16.6. The van der Waals surface area contributed by atoms with Crippen molar-refractivity contribution in [3.63, 3.8) is 0 Å². The standard InChI is InChI=1S/C42H39ClF7N7O5S2/c1-21-15-30-37(42(48,49)50)53-57(38(30)41(21,46)47)20-33(58)52-32(18-22-16-23(44)19-24(45)17-22)35-28(10-5-25(51-35)13-14-40(2,3)63(59,60)26-6-7-26)29-11-12-31(43)34-36(29)56(4)54-39(34)55-64(61,62)27-8-9-27/h5,10-12,16-17,19,21,26-27,32H,6-9,15,18,20H2,1-4H3,(H,52,58)(H,54,55)/t21-,32+/m1/s1. The number of sulfone groups is 1. The smallest absolute Gasteiger partial charge is 0.346 e. The van der Waals surface area contributed by atoms with Crippen LogP contribution in [0.2, 0.25) is 5.02 Å². The van der Waals surface area contributed by atoms with E-state index in [1.54, 1.807) is 6.07 Å². The minimum Gasteiger partial charge on any atom is -0.346 e. The number of nitrogens with zero attached hydrogens (tertiary/aromatic N) is 5. The van der Waals surface area contributed by atoms with Crippen LogP contribution in [0.1, 0.15) is 86.4 Å². The third kappa shape index (κ3) is 8.43. The Morgan fingerprint density at radius 2 is 1.61 bits per heavy atom. The molecule has 2 N–H and O–H groups in total. The number of pyridine rings is 1. The van der Waals surface area contributed by atoms with Gasteiger partial charge in [0.15, 0.2) is 21.3 Å². The van der Waals surface area contributed by atoms with Gasteiger partial charge < -0.3 is 5.32 Å². The Labute approximate surface area is 367 Å². The number of carbonyl (C=O) groups excluding carboxylic acids is 1. The number of benzene rings is 2. The second-order valence-corrected chi connectivity index (χ2v) is 22.1. The highest BCUT2D eigenvalue weighted by Gasteiger charge is 2.54. The molecule has 12 nitrogen and oxygen atoms in total. The summed E-state index contributed by atoms with van der Waals surface area (Å²) >= 11 is 6.68. The number of rotatable bonds is 12. The number of fused-ring (bicyclic) bond motifs is 2. The predicted octanol–water partition coefficient (Wildman–Crippen LogP) is 7.78. The van der Waals surface area contributed by atoms with E-state index in [1.807, 2.05) is 0 Å². The minimum absolute atomic E-state index is 0.0380. The number of sulfonamides is 1. The number of aryl methyl sites for hydroxylation is 1. The average Bonchev–Trinajstić information content (AvgIpc) is 4.12. The highest BCUT2D eigenvalue weighted by molar-refractivity contribution is 7.94. The van der Waals surface area contributed by atoms with Crippen LogP contribution in [0, 0.1) is 29.4 Å². The molecule has 0 saturated heterocycles. The Hall–Kier alpha value is -5.20. The molecular weight excluding hydrogens is 915 g/mol. The second-order valence-electron chi connectivity index (χ2n) is 16.9. The lowest BCUT2D eigenvalue weighted by molar-refractivity contribution is -0.142. The molecule has 0 bridgehead atoms. The van der Waals surface area contributed by atoms with Gasteiger partial charge in [0.1, 0.15) is 34.3 Å². The van der Waals surface area contributed by atoms with Crippen LogP contribution >= 0.6 is 11.6 Å². The van der Waals surface area contributed by atoms with Crippen LogP contribution in [0.15, 0.2) is 42.5 Å². The number of alkyl halides is 5. The molecule has 3 heterocycles. The summed E-state index contributed by atoms with van der Waals surface area (Å²) in [4.78, 5) is 18.8. The van der Waals surface area contributed by atoms with Gasteiger partial charge in [-0.2, -0.15) is 32.1 Å². The van der Waals surface area contributed by atoms with E-state index in [2.05, 4.69) is 32.1 Å². The van der Waals surface area contributed by atoms with Crippen LogP contribution in [0.4, 0.5) is 36.6 Å². The zero-order valence-electron chi connectivity index (χ0n) is 34.4. The van der Waals surface area contributed by atoms with Gasteiger partial charge in [-0.25, -0.2) is 30.6 Å². The summed E-state index contributed by atoms with van der Waals surface area (Å²) in [6, 6.07) is 7.00. The fraction of sp³-hybridized carbons (Fsp3) is 0.429. The first-order chi connectivity index (χ1) is 29.8. The van der Waals surface area contributed by atoms with E-state index in [1.165, 1.54) is 43.8 Å². The fourth-order valence-electron chi connectivity index (χ4n) is 8.01. The highest BCUT2D eigenvalue weighted by atomic mass is 35.5. The molecule has 0 aliphatic heterocycles. The number of hydrogen-bond acceptors (Lipinski definition) is 8. The Kier molecular flexibility index (Phi) is 11.2. The van der Waals surface area contributed by atoms with Gasteiger partial charge >= 0.3 is 6.18 Å². The molecule has 8 rings (SSSR count). The number of aromatic nitrogens is 5. The van der Waals surface area contributed by atoms with E-state index in [-0.39, 0.29) is 49.8 Å². The summed E-state index contributed by atoms with van der Waals surface area (Å²) in [5, 5.41) is 9.51. The summed E-state index contributed by atoms with van der Waals surface area (Å²) in [5.74, 6) is -2.99. The number of nitrogens with one attached hydrogen (secondary N) is 2. The molecule has 5 aromatic rings. The molecule has 2 atom stereocenters. The molecule has 0 unspecified atom stereocenters. The number of anilines is 1. The average molecular weight is 954 g/mol. The van der Waals surface area contributed by atoms with Gasteiger partial charge in [-0.05, 0) is 94.2 Å². The first-order valence-electron chi connectivity index (χ1n) is 20.0. The van der Waals surface area contributed by atoms with E-state index in [0.29, 0.717) is 36.4 Å². The van der Waals surface area contributed by atoms with E-state index in [4.69, 9.17) is 16.6 Å². The van der Waals surface area contributed by atoms with E-state index < -0.39 is 113 Å². The Morgan fingerprint density at radius 3 is 2.23 bits per heavy atom. The van der Waals surface area contributed by atoms with Gasteiger partial charge in [0.05, 0.1) is 38.2 Å². The van der Waals surface area contributed by atoms with Crippen molar-refractivity contribution < 1.29 is 52.4 Å². The lowest BCUT2D eigenvalue weighted by atomic mass is 9.93. The van der Waals surface area contributed by atoms with Crippen molar-refractivity contribution in [2.75, 3.05) is 4.72 Å². The normalized spacial score (nSPS) is 18.1. The molecule has 2 fully saturated rings. The summed E-state index contributed by atoms with van der Waals surface area (Å²) < 4.78 is 158. The quantitative estimate of drug-likeness (QED) is 0.0949. The van der Waals surface area contributed by atoms with Crippen LogP contribution < -0.4 is 10.0 Å². The summed E-state index contributed by atoms with van der Waals surface area (Å²) in [6.45, 7) is 2.80. The first kappa shape index (κ1) is 45.4. The van der Waals surface area contributed by atoms with Gasteiger partial charge in [-0.3, -0.25) is 18.9 Å². The third-order valence-electron chi connectivity index (χ3n) is 11.6. The van der Waals surface area contributed by atoms with Crippen molar-refractivity contribution in [2.24, 2.45) is 13.0 Å². The Bertz CT molecular complexity index is 3020. The zero-order valence-corrected chi connectivity index (χ0v) is 36.8. The zero-order chi connectivity index (χ0) is 46.5. The van der Waals surface area contributed by atoms with Crippen molar-refractivity contribution in [2.45, 2.75) is 99.2 Å². The molecular formula is C42H39ClF7N7O5S2. The number of carbonyl (C=O) groups is 1. The van der Waals surface area contributed by atoms with Crippen LogP contribution in [0.3, 0.4) is 0 Å². The van der Waals surface area contributed by atoms with Gasteiger partial charge in [0.25, 0.3) is 5.92 Å². The maximum atomic E-state index is 15.5. The Morgan fingerprint density at radius 1 is 0.969 bits per heavy atom. The van der Waals surface area contributed by atoms with E-state index in [9.17, 15) is 43.6 Å². The molecule has 0 radical (unpaired) electrons. The maximum absolute atomic E-state index is 15.5. The number of halogens is 8. The topological polar surface area (TPSA) is 158 Å². The van der Waals surface area contributed by atoms with Crippen LogP contribution in [-0.2, 0) is 63.2 Å². The largest absolute Gasteiger partial charge is 0.435 e. The molecule has 3 aliphatic carbocycles. The van der Waals surface area contributed by atoms with Crippen molar-refractivity contribution in [3.05, 3.63) is 93.0 Å². The number of amides is 1. The summed E-state index contributed by atoms with van der Waals surface area (Å²) in [6.07, 6.45) is -4.38. The van der Waals surface area contributed by atoms with E-state index in [0.717, 1.165) is 19.1 Å². The summed E-state index contributed by atoms with van der Waals surface area (Å²) in [7, 11) is -6.05. The van der Waals surface area contributed by atoms with Crippen LogP contribution in [0.5, 0.6) is 0 Å². The minimum atomic E-state index is -5.13. The van der Waals surface area contributed by atoms with E-state index >= 15 is 8.78 Å². The Balaban J connectivity index is 1.29. The first-order valence-corrected chi connectivity index (χ1v) is 23.5. The van der Waals surface area contributed by atoms with Gasteiger partial charge in [0, 0.05) is 35.7 Å². The lowest BCUT2D eigenvalue weighted by Gasteiger charge is -2.23. The molecule has 1 amide bonds.